The molecular formula is C15H24N2. The van der Waals surface area contributed by atoms with Gasteiger partial charge in [0.15, 0.2) is 0 Å². The van der Waals surface area contributed by atoms with Crippen LogP contribution in [0.5, 0.6) is 0 Å². The molecule has 0 amide bonds. The van der Waals surface area contributed by atoms with Crippen molar-refractivity contribution in [2.75, 3.05) is 6.54 Å². The fourth-order valence-corrected chi connectivity index (χ4v) is 1.85. The Hall–Kier alpha value is -1.12. The molecule has 17 heavy (non-hydrogen) atoms. The predicted molar refractivity (Wildman–Crippen MR) is 74.7 cm³/mol. The summed E-state index contributed by atoms with van der Waals surface area (Å²) in [6, 6.07) is 8.37. The lowest BCUT2D eigenvalue weighted by atomic mass is 10.0. The molecule has 94 valence electrons. The second-order valence-corrected chi connectivity index (χ2v) is 5.31. The zero-order valence-corrected chi connectivity index (χ0v) is 11.2. The summed E-state index contributed by atoms with van der Waals surface area (Å²) >= 11 is 0. The Kier molecular flexibility index (Phi) is 4.91. The molecule has 0 aromatic heterocycles. The number of nitrogens with two attached hydrogens (primary N) is 1. The summed E-state index contributed by atoms with van der Waals surface area (Å²) in [4.78, 5) is 2.40. The average Bonchev–Trinajstić information content (AvgIpc) is 2.28. The van der Waals surface area contributed by atoms with Crippen LogP contribution in [0.4, 0.5) is 0 Å². The molecule has 2 nitrogen and oxygen atoms in total. The highest BCUT2D eigenvalue weighted by Gasteiger charge is 2.20. The van der Waals surface area contributed by atoms with Crippen LogP contribution < -0.4 is 5.73 Å². The van der Waals surface area contributed by atoms with Gasteiger partial charge in [-0.1, -0.05) is 30.3 Å². The van der Waals surface area contributed by atoms with Gasteiger partial charge in [0.05, 0.1) is 0 Å². The van der Waals surface area contributed by atoms with E-state index in [0.29, 0.717) is 6.54 Å². The number of rotatable bonds is 5. The molecular weight excluding hydrogens is 208 g/mol. The molecule has 2 heteroatoms. The lowest BCUT2D eigenvalue weighted by molar-refractivity contribution is 0.145. The first-order valence-electron chi connectivity index (χ1n) is 6.12. The van der Waals surface area contributed by atoms with Gasteiger partial charge in [0.1, 0.15) is 0 Å². The molecule has 0 bridgehead atoms. The largest absolute Gasteiger partial charge is 0.326 e. The molecule has 0 saturated carbocycles. The van der Waals surface area contributed by atoms with E-state index in [1.807, 2.05) is 12.1 Å². The van der Waals surface area contributed by atoms with Gasteiger partial charge in [0, 0.05) is 25.2 Å². The van der Waals surface area contributed by atoms with E-state index < -0.39 is 0 Å². The SMILES string of the molecule is C=CCN(Cc1ccccc1CN)C(C)(C)C. The van der Waals surface area contributed by atoms with Gasteiger partial charge in [-0.3, -0.25) is 4.90 Å². The maximum atomic E-state index is 5.77. The van der Waals surface area contributed by atoms with Crippen molar-refractivity contribution in [2.45, 2.75) is 39.4 Å². The zero-order valence-electron chi connectivity index (χ0n) is 11.2. The maximum Gasteiger partial charge on any atom is 0.0245 e. The van der Waals surface area contributed by atoms with E-state index in [1.165, 1.54) is 11.1 Å². The van der Waals surface area contributed by atoms with Gasteiger partial charge in [-0.2, -0.15) is 0 Å². The third-order valence-electron chi connectivity index (χ3n) is 3.00. The summed E-state index contributed by atoms with van der Waals surface area (Å²) < 4.78 is 0. The minimum absolute atomic E-state index is 0.135. The topological polar surface area (TPSA) is 29.3 Å². The molecule has 1 aromatic carbocycles. The van der Waals surface area contributed by atoms with E-state index in [0.717, 1.165) is 13.1 Å². The first-order valence-corrected chi connectivity index (χ1v) is 6.12. The third kappa shape index (κ3) is 3.99. The van der Waals surface area contributed by atoms with E-state index in [-0.39, 0.29) is 5.54 Å². The van der Waals surface area contributed by atoms with Gasteiger partial charge >= 0.3 is 0 Å². The molecule has 1 aromatic rings. The summed E-state index contributed by atoms with van der Waals surface area (Å²) in [6.45, 7) is 12.9. The van der Waals surface area contributed by atoms with Crippen LogP contribution in [0.3, 0.4) is 0 Å². The summed E-state index contributed by atoms with van der Waals surface area (Å²) in [6.07, 6.45) is 1.95. The summed E-state index contributed by atoms with van der Waals surface area (Å²) in [5, 5.41) is 0. The van der Waals surface area contributed by atoms with Gasteiger partial charge in [0.2, 0.25) is 0 Å². The van der Waals surface area contributed by atoms with Gasteiger partial charge < -0.3 is 5.73 Å². The van der Waals surface area contributed by atoms with Crippen LogP contribution in [0.1, 0.15) is 31.9 Å². The number of nitrogens with zero attached hydrogens (tertiary/aromatic N) is 1. The second kappa shape index (κ2) is 5.99. The molecule has 2 N–H and O–H groups in total. The van der Waals surface area contributed by atoms with Crippen molar-refractivity contribution in [3.8, 4) is 0 Å². The van der Waals surface area contributed by atoms with Crippen molar-refractivity contribution in [3.05, 3.63) is 48.0 Å². The maximum absolute atomic E-state index is 5.77. The molecule has 0 aliphatic heterocycles. The molecule has 0 aliphatic carbocycles. The van der Waals surface area contributed by atoms with Crippen molar-refractivity contribution in [1.82, 2.24) is 4.90 Å². The van der Waals surface area contributed by atoms with Crippen molar-refractivity contribution >= 4 is 0 Å². The van der Waals surface area contributed by atoms with Gasteiger partial charge in [0.25, 0.3) is 0 Å². The van der Waals surface area contributed by atoms with E-state index in [2.05, 4.69) is 50.4 Å². The van der Waals surface area contributed by atoms with Crippen LogP contribution in [-0.2, 0) is 13.1 Å². The number of benzene rings is 1. The lowest BCUT2D eigenvalue weighted by Crippen LogP contribution is -2.41. The molecule has 0 heterocycles. The molecule has 0 saturated heterocycles. The summed E-state index contributed by atoms with van der Waals surface area (Å²) in [5.41, 5.74) is 8.44. The smallest absolute Gasteiger partial charge is 0.0245 e. The van der Waals surface area contributed by atoms with Crippen molar-refractivity contribution < 1.29 is 0 Å². The van der Waals surface area contributed by atoms with Crippen molar-refractivity contribution in [1.29, 1.82) is 0 Å². The summed E-state index contributed by atoms with van der Waals surface area (Å²) in [5.74, 6) is 0. The van der Waals surface area contributed by atoms with E-state index >= 15 is 0 Å². The molecule has 0 spiro atoms. The van der Waals surface area contributed by atoms with E-state index in [1.54, 1.807) is 0 Å². The van der Waals surface area contributed by atoms with E-state index in [4.69, 9.17) is 5.73 Å². The fourth-order valence-electron chi connectivity index (χ4n) is 1.85. The van der Waals surface area contributed by atoms with Crippen molar-refractivity contribution in [2.24, 2.45) is 5.73 Å². The van der Waals surface area contributed by atoms with Crippen LogP contribution in [0.25, 0.3) is 0 Å². The highest BCUT2D eigenvalue weighted by Crippen LogP contribution is 2.19. The summed E-state index contributed by atoms with van der Waals surface area (Å²) in [7, 11) is 0. The first kappa shape index (κ1) is 13.9. The minimum atomic E-state index is 0.135. The quantitative estimate of drug-likeness (QED) is 0.791. The Balaban J connectivity index is 2.89. The van der Waals surface area contributed by atoms with Crippen LogP contribution in [-0.4, -0.2) is 17.0 Å². The Morgan fingerprint density at radius 2 is 1.82 bits per heavy atom. The molecule has 1 rings (SSSR count). The lowest BCUT2D eigenvalue weighted by Gasteiger charge is -2.35. The number of hydrogen-bond donors (Lipinski definition) is 1. The van der Waals surface area contributed by atoms with Crippen molar-refractivity contribution in [3.63, 3.8) is 0 Å². The van der Waals surface area contributed by atoms with Crippen LogP contribution in [0.2, 0.25) is 0 Å². The van der Waals surface area contributed by atoms with Gasteiger partial charge in [-0.05, 0) is 31.9 Å². The average molecular weight is 232 g/mol. The first-order chi connectivity index (χ1) is 7.99. The van der Waals surface area contributed by atoms with Crippen LogP contribution in [0, 0.1) is 0 Å². The normalized spacial score (nSPS) is 11.8. The second-order valence-electron chi connectivity index (χ2n) is 5.31. The highest BCUT2D eigenvalue weighted by molar-refractivity contribution is 5.27. The van der Waals surface area contributed by atoms with Gasteiger partial charge in [-0.15, -0.1) is 6.58 Å². The third-order valence-corrected chi connectivity index (χ3v) is 3.00. The Morgan fingerprint density at radius 3 is 2.29 bits per heavy atom. The fraction of sp³-hybridized carbons (Fsp3) is 0.467. The Morgan fingerprint density at radius 1 is 1.24 bits per heavy atom. The molecule has 0 fully saturated rings. The number of hydrogen-bond acceptors (Lipinski definition) is 2. The molecule has 0 unspecified atom stereocenters. The van der Waals surface area contributed by atoms with Gasteiger partial charge in [-0.25, -0.2) is 0 Å². The van der Waals surface area contributed by atoms with Crippen LogP contribution in [0.15, 0.2) is 36.9 Å². The predicted octanol–water partition coefficient (Wildman–Crippen LogP) is 2.93. The monoisotopic (exact) mass is 232 g/mol. The Bertz CT molecular complexity index is 363. The van der Waals surface area contributed by atoms with E-state index in [9.17, 15) is 0 Å². The zero-order chi connectivity index (χ0) is 12.9. The molecule has 0 radical (unpaired) electrons. The van der Waals surface area contributed by atoms with Crippen LogP contribution >= 0.6 is 0 Å². The molecule has 0 aliphatic rings. The molecule has 0 atom stereocenters. The Labute approximate surface area is 105 Å². The standard InChI is InChI=1S/C15H24N2/c1-5-10-17(15(2,3)4)12-14-9-7-6-8-13(14)11-16/h5-9H,1,10-12,16H2,2-4H3. The minimum Gasteiger partial charge on any atom is -0.326 e. The highest BCUT2D eigenvalue weighted by atomic mass is 15.2.